The van der Waals surface area contributed by atoms with Gasteiger partial charge in [0.15, 0.2) is 5.65 Å². The van der Waals surface area contributed by atoms with E-state index < -0.39 is 0 Å². The Morgan fingerprint density at radius 3 is 2.59 bits per heavy atom. The number of fused-ring (bicyclic) bond motifs is 1. The Hall–Kier alpha value is -2.89. The number of carbonyl (C=O) groups excluding carboxylic acids is 1. The summed E-state index contributed by atoms with van der Waals surface area (Å²) in [7, 11) is 1.65. The highest BCUT2D eigenvalue weighted by Crippen LogP contribution is 2.41. The Bertz CT molecular complexity index is 958. The molecular formula is C21H24N4O2. The average Bonchev–Trinajstić information content (AvgIpc) is 3.43. The molecule has 1 aromatic carbocycles. The third-order valence-corrected chi connectivity index (χ3v) is 5.04. The monoisotopic (exact) mass is 364 g/mol. The van der Waals surface area contributed by atoms with Crippen LogP contribution in [0.1, 0.15) is 54.7 Å². The Balaban J connectivity index is 1.56. The summed E-state index contributed by atoms with van der Waals surface area (Å²) in [6.45, 7) is 4.12. The smallest absolute Gasteiger partial charge is 0.253 e. The lowest BCUT2D eigenvalue weighted by Crippen LogP contribution is -2.30. The van der Waals surface area contributed by atoms with Crippen molar-refractivity contribution >= 4 is 16.9 Å². The first-order valence-corrected chi connectivity index (χ1v) is 9.35. The maximum Gasteiger partial charge on any atom is 0.253 e. The van der Waals surface area contributed by atoms with Crippen LogP contribution in [0, 0.1) is 5.92 Å². The third kappa shape index (κ3) is 3.52. The fourth-order valence-corrected chi connectivity index (χ4v) is 3.38. The van der Waals surface area contributed by atoms with E-state index in [1.54, 1.807) is 19.5 Å². The molecule has 1 fully saturated rings. The topological polar surface area (TPSA) is 69.0 Å². The minimum atomic E-state index is -0.102. The number of methoxy groups -OCH3 is 1. The lowest BCUT2D eigenvalue weighted by molar-refractivity contribution is 0.0931. The van der Waals surface area contributed by atoms with Gasteiger partial charge in [0.2, 0.25) is 0 Å². The first-order chi connectivity index (χ1) is 13.1. The molecule has 4 rings (SSSR count). The van der Waals surface area contributed by atoms with Crippen LogP contribution in [0.2, 0.25) is 0 Å². The summed E-state index contributed by atoms with van der Waals surface area (Å²) < 4.78 is 7.09. The molecule has 3 aromatic rings. The van der Waals surface area contributed by atoms with E-state index in [9.17, 15) is 4.79 Å². The molecule has 1 N–H and O–H groups in total. The molecular weight excluding hydrogens is 340 g/mol. The number of hydrogen-bond acceptors (Lipinski definition) is 4. The molecule has 1 amide bonds. The summed E-state index contributed by atoms with van der Waals surface area (Å²) in [5, 5.41) is 8.44. The maximum absolute atomic E-state index is 12.9. The van der Waals surface area contributed by atoms with Gasteiger partial charge in [0.05, 0.1) is 24.9 Å². The van der Waals surface area contributed by atoms with Crippen LogP contribution in [0.25, 0.3) is 11.0 Å². The van der Waals surface area contributed by atoms with E-state index in [1.165, 1.54) is 0 Å². The van der Waals surface area contributed by atoms with Crippen LogP contribution >= 0.6 is 0 Å². The van der Waals surface area contributed by atoms with Crippen molar-refractivity contribution in [2.24, 2.45) is 5.92 Å². The number of pyridine rings is 1. The first kappa shape index (κ1) is 17.5. The van der Waals surface area contributed by atoms with Crippen molar-refractivity contribution in [3.8, 4) is 5.75 Å². The van der Waals surface area contributed by atoms with Crippen LogP contribution < -0.4 is 10.1 Å². The highest BCUT2D eigenvalue weighted by Gasteiger charge is 2.33. The minimum absolute atomic E-state index is 0.0116. The fraction of sp³-hybridized carbons (Fsp3) is 0.381. The average molecular weight is 364 g/mol. The number of aromatic nitrogens is 3. The lowest BCUT2D eigenvalue weighted by Gasteiger charge is -2.19. The second kappa shape index (κ2) is 7.02. The molecule has 1 saturated carbocycles. The summed E-state index contributed by atoms with van der Waals surface area (Å²) >= 11 is 0. The molecule has 0 bridgehead atoms. The molecule has 1 unspecified atom stereocenters. The molecule has 0 aliphatic heterocycles. The Labute approximate surface area is 158 Å². The van der Waals surface area contributed by atoms with Crippen molar-refractivity contribution < 1.29 is 9.53 Å². The quantitative estimate of drug-likeness (QED) is 0.720. The van der Waals surface area contributed by atoms with Crippen molar-refractivity contribution in [1.29, 1.82) is 0 Å². The summed E-state index contributed by atoms with van der Waals surface area (Å²) in [5.41, 5.74) is 2.47. The van der Waals surface area contributed by atoms with E-state index in [-0.39, 0.29) is 18.0 Å². The van der Waals surface area contributed by atoms with Gasteiger partial charge in [-0.15, -0.1) is 0 Å². The Morgan fingerprint density at radius 1 is 1.22 bits per heavy atom. The largest absolute Gasteiger partial charge is 0.497 e. The van der Waals surface area contributed by atoms with Crippen LogP contribution in [0.3, 0.4) is 0 Å². The number of rotatable bonds is 6. The van der Waals surface area contributed by atoms with E-state index in [1.807, 2.05) is 35.0 Å². The fourth-order valence-electron chi connectivity index (χ4n) is 3.38. The van der Waals surface area contributed by atoms with Gasteiger partial charge in [-0.3, -0.25) is 4.79 Å². The van der Waals surface area contributed by atoms with Gasteiger partial charge >= 0.3 is 0 Å². The van der Waals surface area contributed by atoms with Crippen molar-refractivity contribution in [1.82, 2.24) is 20.1 Å². The third-order valence-electron chi connectivity index (χ3n) is 5.04. The van der Waals surface area contributed by atoms with Crippen molar-refractivity contribution in [3.63, 3.8) is 0 Å². The van der Waals surface area contributed by atoms with Crippen LogP contribution in [0.4, 0.5) is 0 Å². The summed E-state index contributed by atoms with van der Waals surface area (Å²) in [6, 6.07) is 10.0. The molecule has 6 heteroatoms. The first-order valence-electron chi connectivity index (χ1n) is 9.35. The van der Waals surface area contributed by atoms with E-state index in [0.29, 0.717) is 11.5 Å². The summed E-state index contributed by atoms with van der Waals surface area (Å²) in [5.74, 6) is 1.20. The SMILES string of the molecule is COc1ccc(C(NC(=O)c2cnc3c(cnn3C(C)C)c2)C2CC2)cc1. The van der Waals surface area contributed by atoms with E-state index in [4.69, 9.17) is 4.74 Å². The van der Waals surface area contributed by atoms with Crippen LogP contribution in [0.15, 0.2) is 42.7 Å². The van der Waals surface area contributed by atoms with Crippen molar-refractivity contribution in [2.75, 3.05) is 7.11 Å². The zero-order valence-corrected chi connectivity index (χ0v) is 15.8. The van der Waals surface area contributed by atoms with Crippen LogP contribution in [-0.4, -0.2) is 27.8 Å². The molecule has 0 saturated heterocycles. The molecule has 27 heavy (non-hydrogen) atoms. The molecule has 1 atom stereocenters. The van der Waals surface area contributed by atoms with Crippen LogP contribution in [-0.2, 0) is 0 Å². The number of ether oxygens (including phenoxy) is 1. The Kier molecular flexibility index (Phi) is 4.56. The summed E-state index contributed by atoms with van der Waals surface area (Å²) in [4.78, 5) is 17.3. The predicted molar refractivity (Wildman–Crippen MR) is 104 cm³/mol. The van der Waals surface area contributed by atoms with Crippen molar-refractivity contribution in [3.05, 3.63) is 53.9 Å². The van der Waals surface area contributed by atoms with Gasteiger partial charge in [-0.05, 0) is 56.4 Å². The molecule has 1 aliphatic rings. The highest BCUT2D eigenvalue weighted by atomic mass is 16.5. The number of nitrogens with zero attached hydrogens (tertiary/aromatic N) is 3. The minimum Gasteiger partial charge on any atom is -0.497 e. The zero-order valence-electron chi connectivity index (χ0n) is 15.8. The van der Waals surface area contributed by atoms with E-state index in [2.05, 4.69) is 29.2 Å². The van der Waals surface area contributed by atoms with Gasteiger partial charge < -0.3 is 10.1 Å². The van der Waals surface area contributed by atoms with E-state index in [0.717, 1.165) is 35.2 Å². The van der Waals surface area contributed by atoms with E-state index >= 15 is 0 Å². The highest BCUT2D eigenvalue weighted by molar-refractivity contribution is 5.97. The van der Waals surface area contributed by atoms with Crippen molar-refractivity contribution in [2.45, 2.75) is 38.8 Å². The number of benzene rings is 1. The second-order valence-electron chi connectivity index (χ2n) is 7.38. The second-order valence-corrected chi connectivity index (χ2v) is 7.38. The van der Waals surface area contributed by atoms with Gasteiger partial charge in [-0.1, -0.05) is 12.1 Å². The molecule has 140 valence electrons. The molecule has 2 aromatic heterocycles. The molecule has 1 aliphatic carbocycles. The standard InChI is InChI=1S/C21H24N4O2/c1-13(2)25-20-16(12-23-25)10-17(11-22-20)21(26)24-19(14-4-5-14)15-6-8-18(27-3)9-7-15/h6-14,19H,4-5H2,1-3H3,(H,24,26). The number of carbonyl (C=O) groups is 1. The number of hydrogen-bond donors (Lipinski definition) is 1. The van der Waals surface area contributed by atoms with Gasteiger partial charge in [-0.25, -0.2) is 9.67 Å². The predicted octanol–water partition coefficient (Wildman–Crippen LogP) is 3.90. The summed E-state index contributed by atoms with van der Waals surface area (Å²) in [6.07, 6.45) is 5.67. The number of amides is 1. The van der Waals surface area contributed by atoms with Crippen LogP contribution in [0.5, 0.6) is 5.75 Å². The molecule has 0 spiro atoms. The molecule has 6 nitrogen and oxygen atoms in total. The molecule has 0 radical (unpaired) electrons. The lowest BCUT2D eigenvalue weighted by atomic mass is 10.0. The normalized spacial score (nSPS) is 15.1. The van der Waals surface area contributed by atoms with Gasteiger partial charge in [0.1, 0.15) is 5.75 Å². The van der Waals surface area contributed by atoms with Gasteiger partial charge in [-0.2, -0.15) is 5.10 Å². The molecule has 2 heterocycles. The zero-order chi connectivity index (χ0) is 19.0. The number of nitrogens with one attached hydrogen (secondary N) is 1. The Morgan fingerprint density at radius 2 is 1.96 bits per heavy atom. The van der Waals surface area contributed by atoms with Gasteiger partial charge in [0, 0.05) is 17.6 Å². The van der Waals surface area contributed by atoms with Gasteiger partial charge in [0.25, 0.3) is 5.91 Å². The maximum atomic E-state index is 12.9.